The van der Waals surface area contributed by atoms with Gasteiger partial charge in [-0.05, 0) is 75.1 Å². The van der Waals surface area contributed by atoms with Crippen LogP contribution < -0.4 is 20.7 Å². The molecular formula is C33H44N4O8. The van der Waals surface area contributed by atoms with Crippen LogP contribution in [0.5, 0.6) is 11.5 Å². The van der Waals surface area contributed by atoms with Gasteiger partial charge in [-0.2, -0.15) is 0 Å². The number of aliphatic hydroxyl groups is 2. The van der Waals surface area contributed by atoms with E-state index in [2.05, 4.69) is 4.98 Å². The van der Waals surface area contributed by atoms with Crippen LogP contribution in [-0.4, -0.2) is 69.1 Å². The van der Waals surface area contributed by atoms with Crippen LogP contribution in [0.3, 0.4) is 0 Å². The molecule has 45 heavy (non-hydrogen) atoms. The quantitative estimate of drug-likeness (QED) is 0.118. The van der Waals surface area contributed by atoms with E-state index in [-0.39, 0.29) is 13.0 Å². The molecule has 0 spiro atoms. The number of rotatable bonds is 13. The Kier molecular flexibility index (Phi) is 12.1. The first kappa shape index (κ1) is 35.1. The number of nitrogens with two attached hydrogens (primary N) is 1. The minimum Gasteiger partial charge on any atom is -0.490 e. The molecule has 1 atom stereocenters. The summed E-state index contributed by atoms with van der Waals surface area (Å²) in [5, 5.41) is 21.6. The minimum absolute atomic E-state index is 0.0423. The number of nitrogens with one attached hydrogen (secondary N) is 1. The molecule has 0 bridgehead atoms. The van der Waals surface area contributed by atoms with Gasteiger partial charge in [-0.3, -0.25) is 9.88 Å². The molecule has 0 saturated heterocycles. The lowest BCUT2D eigenvalue weighted by Gasteiger charge is -2.46. The van der Waals surface area contributed by atoms with Gasteiger partial charge in [0.2, 0.25) is 0 Å². The zero-order chi connectivity index (χ0) is 33.1. The number of pyridine rings is 1. The van der Waals surface area contributed by atoms with Gasteiger partial charge in [0.05, 0.1) is 6.20 Å². The fourth-order valence-corrected chi connectivity index (χ4v) is 4.35. The fraction of sp³-hybridized carbons (Fsp3) is 0.424. The van der Waals surface area contributed by atoms with Crippen LogP contribution in [0.4, 0.5) is 9.59 Å². The summed E-state index contributed by atoms with van der Waals surface area (Å²) in [7, 11) is 0. The average Bonchev–Trinajstić information content (AvgIpc) is 2.98. The predicted molar refractivity (Wildman–Crippen MR) is 168 cm³/mol. The number of carbonyl (C=O) groups excluding carboxylic acids is 2. The lowest BCUT2D eigenvalue weighted by Crippen LogP contribution is -2.72. The van der Waals surface area contributed by atoms with Gasteiger partial charge in [-0.15, -0.1) is 5.48 Å². The normalized spacial score (nSPS) is 12.9. The number of hydroxylamine groups is 1. The van der Waals surface area contributed by atoms with E-state index in [0.29, 0.717) is 43.1 Å². The second-order valence-electron chi connectivity index (χ2n) is 11.7. The van der Waals surface area contributed by atoms with E-state index in [1.165, 1.54) is 0 Å². The molecule has 0 aliphatic rings. The molecule has 244 valence electrons. The average molecular weight is 625 g/mol. The Hall–Kier alpha value is -4.39. The summed E-state index contributed by atoms with van der Waals surface area (Å²) in [5.74, 6) is -1.16. The van der Waals surface area contributed by atoms with Gasteiger partial charge >= 0.3 is 12.2 Å². The van der Waals surface area contributed by atoms with Gasteiger partial charge in [0.1, 0.15) is 30.3 Å². The molecule has 2 aromatic carbocycles. The number of unbranched alkanes of at least 4 members (excludes halogenated alkanes) is 1. The van der Waals surface area contributed by atoms with Crippen LogP contribution in [0.25, 0.3) is 11.1 Å². The van der Waals surface area contributed by atoms with Crippen molar-refractivity contribution in [3.05, 3.63) is 78.6 Å². The number of aromatic nitrogens is 1. The van der Waals surface area contributed by atoms with Gasteiger partial charge in [0, 0.05) is 19.2 Å². The van der Waals surface area contributed by atoms with Crippen molar-refractivity contribution in [3.8, 4) is 22.6 Å². The molecule has 12 heteroatoms. The maximum absolute atomic E-state index is 13.1. The third kappa shape index (κ3) is 10.6. The highest BCUT2D eigenvalue weighted by molar-refractivity contribution is 5.73. The van der Waals surface area contributed by atoms with Crippen LogP contribution >= 0.6 is 0 Å². The van der Waals surface area contributed by atoms with Gasteiger partial charge in [-0.1, -0.05) is 49.7 Å². The second kappa shape index (κ2) is 15.6. The molecule has 1 heterocycles. The number of ether oxygens (including phenoxy) is 3. The molecule has 0 aliphatic carbocycles. The zero-order valence-electron chi connectivity index (χ0n) is 26.5. The Morgan fingerprint density at radius 1 is 0.911 bits per heavy atom. The molecule has 0 radical (unpaired) electrons. The largest absolute Gasteiger partial charge is 0.490 e. The smallest absolute Gasteiger partial charge is 0.441 e. The third-order valence-corrected chi connectivity index (χ3v) is 6.75. The summed E-state index contributed by atoms with van der Waals surface area (Å²) in [6.45, 7) is 8.79. The Labute approximate surface area is 264 Å². The van der Waals surface area contributed by atoms with Crippen molar-refractivity contribution in [1.82, 2.24) is 15.4 Å². The van der Waals surface area contributed by atoms with Crippen LogP contribution in [0.2, 0.25) is 0 Å². The highest BCUT2D eigenvalue weighted by Gasteiger charge is 2.50. The molecule has 3 aromatic rings. The molecule has 0 aliphatic heterocycles. The van der Waals surface area contributed by atoms with Crippen molar-refractivity contribution in [2.45, 2.75) is 70.9 Å². The summed E-state index contributed by atoms with van der Waals surface area (Å²) in [6.07, 6.45) is 2.33. The Bertz CT molecular complexity index is 1360. The van der Waals surface area contributed by atoms with Crippen molar-refractivity contribution < 1.29 is 38.9 Å². The van der Waals surface area contributed by atoms with E-state index < -0.39 is 29.2 Å². The number of hydrogen-bond donors (Lipinski definition) is 4. The number of benzene rings is 2. The molecule has 3 rings (SSSR count). The SMILES string of the molecule is CCCCN(C(=O)ONC(=O)OC(C)(C)C)C(N)(Cc1ccc(-c2ccc(OCCOc3cccnc3)cc2)cc1)C(C)(O)O. The number of amides is 2. The second-order valence-corrected chi connectivity index (χ2v) is 11.7. The van der Waals surface area contributed by atoms with Gasteiger partial charge < -0.3 is 35.0 Å². The Morgan fingerprint density at radius 3 is 2.04 bits per heavy atom. The van der Waals surface area contributed by atoms with Crippen LogP contribution in [0.1, 0.15) is 53.0 Å². The monoisotopic (exact) mass is 624 g/mol. The van der Waals surface area contributed by atoms with Crippen molar-refractivity contribution in [1.29, 1.82) is 0 Å². The molecule has 1 unspecified atom stereocenters. The van der Waals surface area contributed by atoms with Crippen molar-refractivity contribution in [3.63, 3.8) is 0 Å². The topological polar surface area (TPSA) is 166 Å². The van der Waals surface area contributed by atoms with E-state index in [1.807, 2.05) is 54.9 Å². The lowest BCUT2D eigenvalue weighted by atomic mass is 9.90. The first-order valence-electron chi connectivity index (χ1n) is 14.8. The van der Waals surface area contributed by atoms with Gasteiger partial charge in [-0.25, -0.2) is 9.59 Å². The standard InChI is InChI=1S/C33H44N4O8/c1-6-7-19-37(30(39)45-36-29(38)44-31(2,3)4)33(34,32(5,40)41)22-24-10-12-25(13-11-24)26-14-16-27(17-15-26)42-20-21-43-28-9-8-18-35-23-28/h8-18,23,40-41H,6-7,19-22,34H2,1-5H3,(H,36,38). The predicted octanol–water partition coefficient (Wildman–Crippen LogP) is 4.78. The van der Waals surface area contributed by atoms with Gasteiger partial charge in [0.15, 0.2) is 11.4 Å². The fourth-order valence-electron chi connectivity index (χ4n) is 4.35. The van der Waals surface area contributed by atoms with E-state index >= 15 is 0 Å². The van der Waals surface area contributed by atoms with Crippen molar-refractivity contribution >= 4 is 12.2 Å². The molecule has 1 aromatic heterocycles. The molecule has 5 N–H and O–H groups in total. The van der Waals surface area contributed by atoms with E-state index in [9.17, 15) is 19.8 Å². The molecule has 0 saturated carbocycles. The first-order valence-corrected chi connectivity index (χ1v) is 14.8. The zero-order valence-corrected chi connectivity index (χ0v) is 26.5. The Morgan fingerprint density at radius 2 is 1.51 bits per heavy atom. The molecule has 12 nitrogen and oxygen atoms in total. The number of nitrogens with zero attached hydrogens (tertiary/aromatic N) is 2. The highest BCUT2D eigenvalue weighted by atomic mass is 16.7. The lowest BCUT2D eigenvalue weighted by molar-refractivity contribution is -0.231. The van der Waals surface area contributed by atoms with Gasteiger partial charge in [0.25, 0.3) is 0 Å². The first-order chi connectivity index (χ1) is 21.2. The maximum atomic E-state index is 13.1. The summed E-state index contributed by atoms with van der Waals surface area (Å²) in [5.41, 5.74) is 8.20. The van der Waals surface area contributed by atoms with E-state index in [1.54, 1.807) is 51.4 Å². The summed E-state index contributed by atoms with van der Waals surface area (Å²) in [4.78, 5) is 35.2. The van der Waals surface area contributed by atoms with Crippen molar-refractivity contribution in [2.75, 3.05) is 19.8 Å². The van der Waals surface area contributed by atoms with Crippen LogP contribution in [-0.2, 0) is 16.0 Å². The summed E-state index contributed by atoms with van der Waals surface area (Å²) < 4.78 is 16.5. The van der Waals surface area contributed by atoms with E-state index in [0.717, 1.165) is 23.0 Å². The number of hydrogen-bond acceptors (Lipinski definition) is 10. The molecular weight excluding hydrogens is 580 g/mol. The van der Waals surface area contributed by atoms with Crippen LogP contribution in [0, 0.1) is 0 Å². The maximum Gasteiger partial charge on any atom is 0.441 e. The molecule has 2 amide bonds. The van der Waals surface area contributed by atoms with Crippen LogP contribution in [0.15, 0.2) is 73.1 Å². The van der Waals surface area contributed by atoms with E-state index in [4.69, 9.17) is 24.8 Å². The third-order valence-electron chi connectivity index (χ3n) is 6.75. The van der Waals surface area contributed by atoms with Crippen molar-refractivity contribution in [2.24, 2.45) is 5.73 Å². The minimum atomic E-state index is -2.54. The number of carbonyl (C=O) groups is 2. The Balaban J connectivity index is 1.67. The molecule has 0 fully saturated rings. The summed E-state index contributed by atoms with van der Waals surface area (Å²) >= 11 is 0. The summed E-state index contributed by atoms with van der Waals surface area (Å²) in [6, 6.07) is 18.6. The highest BCUT2D eigenvalue weighted by Crippen LogP contribution is 2.29.